The number of hydrogen-bond acceptors (Lipinski definition) is 4. The van der Waals surface area contributed by atoms with Crippen molar-refractivity contribution in [3.05, 3.63) is 71.8 Å². The summed E-state index contributed by atoms with van der Waals surface area (Å²) in [4.78, 5) is 38.1. The number of benzene rings is 2. The molecule has 232 valence electrons. The predicted octanol–water partition coefficient (Wildman–Crippen LogP) is 6.81. The first-order valence-corrected chi connectivity index (χ1v) is 14.9. The van der Waals surface area contributed by atoms with Gasteiger partial charge in [0.15, 0.2) is 0 Å². The van der Waals surface area contributed by atoms with E-state index < -0.39 is 29.9 Å². The first-order valence-electron chi connectivity index (χ1n) is 14.9. The van der Waals surface area contributed by atoms with Crippen LogP contribution in [0.3, 0.4) is 0 Å². The van der Waals surface area contributed by atoms with Gasteiger partial charge < -0.3 is 30.5 Å². The van der Waals surface area contributed by atoms with Gasteiger partial charge >= 0.3 is 18.3 Å². The van der Waals surface area contributed by atoms with Crippen LogP contribution >= 0.6 is 0 Å². The summed E-state index contributed by atoms with van der Waals surface area (Å²) in [6.07, 6.45) is 1.39. The molecule has 4 N–H and O–H groups in total. The van der Waals surface area contributed by atoms with Gasteiger partial charge in [0, 0.05) is 25.2 Å². The molecule has 42 heavy (non-hydrogen) atoms. The smallest absolute Gasteiger partial charge is 0.410 e. The van der Waals surface area contributed by atoms with Crippen LogP contribution in [0.4, 0.5) is 14.4 Å². The Balaban J connectivity index is 2.27. The second-order valence-electron chi connectivity index (χ2n) is 12.3. The van der Waals surface area contributed by atoms with E-state index in [1.807, 2.05) is 71.0 Å². The van der Waals surface area contributed by atoms with Crippen LogP contribution in [0.2, 0.25) is 0 Å². The molecule has 0 bridgehead atoms. The number of rotatable bonds is 16. The van der Waals surface area contributed by atoms with Crippen LogP contribution in [0.15, 0.2) is 60.7 Å². The minimum Gasteiger partial charge on any atom is -0.465 e. The summed E-state index contributed by atoms with van der Waals surface area (Å²) in [6, 6.07) is 19.5. The molecule has 0 saturated carbocycles. The molecule has 1 unspecified atom stereocenters. The number of carbonyl (C=O) groups excluding carboxylic acids is 1. The highest BCUT2D eigenvalue weighted by molar-refractivity contribution is 5.69. The van der Waals surface area contributed by atoms with Crippen LogP contribution in [-0.2, 0) is 17.6 Å². The van der Waals surface area contributed by atoms with Crippen LogP contribution in [0.25, 0.3) is 0 Å². The first-order chi connectivity index (χ1) is 19.8. The molecule has 0 aromatic heterocycles. The van der Waals surface area contributed by atoms with Crippen molar-refractivity contribution in [2.45, 2.75) is 90.8 Å². The molecule has 3 amide bonds. The summed E-state index contributed by atoms with van der Waals surface area (Å²) in [5.41, 5.74) is 1.73. The van der Waals surface area contributed by atoms with Crippen molar-refractivity contribution in [2.24, 2.45) is 11.8 Å². The average molecular weight is 584 g/mol. The minimum absolute atomic E-state index is 0.0221. The Bertz CT molecular complexity index is 1040. The molecule has 0 aliphatic rings. The molecule has 2 atom stereocenters. The van der Waals surface area contributed by atoms with E-state index in [-0.39, 0.29) is 24.4 Å². The molecule has 0 aliphatic heterocycles. The molecule has 2 aromatic carbocycles. The summed E-state index contributed by atoms with van der Waals surface area (Å²) >= 11 is 0. The molecular weight excluding hydrogens is 534 g/mol. The molecule has 0 fully saturated rings. The summed E-state index contributed by atoms with van der Waals surface area (Å²) in [5, 5.41) is 23.9. The molecule has 0 saturated heterocycles. The van der Waals surface area contributed by atoms with Crippen LogP contribution < -0.4 is 10.6 Å². The standard InChI is InChI=1S/C33H49N3O6/c1-24(2)29(35-31(39)40)21-20-28(34-30(37)38)23-36(32(41)42-33(3,4)5)22-27(18-16-25-12-8-6-9-13-25)19-17-26-14-10-7-11-15-26/h6-15,24,27-29,34-35H,16-23H2,1-5H3,(H,37,38)(H,39,40)/t28-,29?/m0/s1. The number of hydrogen-bond donors (Lipinski definition) is 4. The van der Waals surface area contributed by atoms with Crippen molar-refractivity contribution in [1.82, 2.24) is 15.5 Å². The Hall–Kier alpha value is -3.75. The lowest BCUT2D eigenvalue weighted by Crippen LogP contribution is -2.49. The number of nitrogens with one attached hydrogen (secondary N) is 2. The van der Waals surface area contributed by atoms with Crippen molar-refractivity contribution >= 4 is 18.3 Å². The van der Waals surface area contributed by atoms with Crippen molar-refractivity contribution < 1.29 is 29.3 Å². The molecule has 9 heteroatoms. The van der Waals surface area contributed by atoms with Gasteiger partial charge in [0.05, 0.1) is 0 Å². The quantitative estimate of drug-likeness (QED) is 0.172. The molecule has 2 rings (SSSR count). The number of aryl methyl sites for hydroxylation is 2. The number of carboxylic acid groups (broad SMARTS) is 2. The average Bonchev–Trinajstić information content (AvgIpc) is 2.91. The van der Waals surface area contributed by atoms with Crippen LogP contribution in [0.5, 0.6) is 0 Å². The number of amides is 3. The Labute approximate surface area is 250 Å². The molecule has 9 nitrogen and oxygen atoms in total. The largest absolute Gasteiger partial charge is 0.465 e. The van der Waals surface area contributed by atoms with Crippen molar-refractivity contribution in [3.8, 4) is 0 Å². The van der Waals surface area contributed by atoms with Gasteiger partial charge in [-0.05, 0) is 82.3 Å². The van der Waals surface area contributed by atoms with E-state index in [1.165, 1.54) is 11.1 Å². The lowest BCUT2D eigenvalue weighted by atomic mass is 9.92. The molecule has 0 radical (unpaired) electrons. The van der Waals surface area contributed by atoms with Gasteiger partial charge in [-0.25, -0.2) is 14.4 Å². The van der Waals surface area contributed by atoms with E-state index >= 15 is 0 Å². The number of ether oxygens (including phenoxy) is 1. The number of nitrogens with zero attached hydrogens (tertiary/aromatic N) is 1. The monoisotopic (exact) mass is 583 g/mol. The lowest BCUT2D eigenvalue weighted by molar-refractivity contribution is 0.0191. The molecule has 0 aliphatic carbocycles. The summed E-state index contributed by atoms with van der Waals surface area (Å²) in [7, 11) is 0. The van der Waals surface area contributed by atoms with E-state index in [0.717, 1.165) is 25.7 Å². The van der Waals surface area contributed by atoms with Gasteiger partial charge in [0.25, 0.3) is 0 Å². The van der Waals surface area contributed by atoms with Gasteiger partial charge in [-0.15, -0.1) is 0 Å². The topological polar surface area (TPSA) is 128 Å². The van der Waals surface area contributed by atoms with Crippen LogP contribution in [0, 0.1) is 11.8 Å². The van der Waals surface area contributed by atoms with Gasteiger partial charge in [-0.2, -0.15) is 0 Å². The van der Waals surface area contributed by atoms with Crippen molar-refractivity contribution in [1.29, 1.82) is 0 Å². The van der Waals surface area contributed by atoms with E-state index in [1.54, 1.807) is 4.90 Å². The van der Waals surface area contributed by atoms with Gasteiger partial charge in [0.2, 0.25) is 0 Å². The van der Waals surface area contributed by atoms with E-state index in [0.29, 0.717) is 19.4 Å². The highest BCUT2D eigenvalue weighted by Gasteiger charge is 2.28. The SMILES string of the molecule is CC(C)C(CC[C@@H](CN(CC(CCc1ccccc1)CCc1ccccc1)C(=O)OC(C)(C)C)NC(=O)O)NC(=O)O. The Morgan fingerprint density at radius 1 is 0.762 bits per heavy atom. The summed E-state index contributed by atoms with van der Waals surface area (Å²) < 4.78 is 5.77. The second kappa shape index (κ2) is 17.3. The van der Waals surface area contributed by atoms with Crippen molar-refractivity contribution in [3.63, 3.8) is 0 Å². The normalized spacial score (nSPS) is 12.9. The Kier molecular flexibility index (Phi) is 14.2. The van der Waals surface area contributed by atoms with Gasteiger partial charge in [-0.1, -0.05) is 74.5 Å². The summed E-state index contributed by atoms with van der Waals surface area (Å²) in [5.74, 6) is 0.161. The Morgan fingerprint density at radius 3 is 1.69 bits per heavy atom. The van der Waals surface area contributed by atoms with Crippen molar-refractivity contribution in [2.75, 3.05) is 13.1 Å². The third-order valence-corrected chi connectivity index (χ3v) is 7.21. The van der Waals surface area contributed by atoms with E-state index in [4.69, 9.17) is 4.74 Å². The maximum Gasteiger partial charge on any atom is 0.410 e. The second-order valence-corrected chi connectivity index (χ2v) is 12.3. The maximum atomic E-state index is 13.5. The van der Waals surface area contributed by atoms with Crippen LogP contribution in [0.1, 0.15) is 71.4 Å². The summed E-state index contributed by atoms with van der Waals surface area (Å²) in [6.45, 7) is 9.78. The highest BCUT2D eigenvalue weighted by atomic mass is 16.6. The highest BCUT2D eigenvalue weighted by Crippen LogP contribution is 2.21. The maximum absolute atomic E-state index is 13.5. The van der Waals surface area contributed by atoms with Crippen LogP contribution in [-0.4, -0.2) is 64.2 Å². The Morgan fingerprint density at radius 2 is 1.26 bits per heavy atom. The first kappa shape index (κ1) is 34.5. The third-order valence-electron chi connectivity index (χ3n) is 7.21. The van der Waals surface area contributed by atoms with E-state index in [9.17, 15) is 24.6 Å². The third kappa shape index (κ3) is 14.2. The van der Waals surface area contributed by atoms with E-state index in [2.05, 4.69) is 34.9 Å². The van der Waals surface area contributed by atoms with Gasteiger partial charge in [-0.3, -0.25) is 0 Å². The molecule has 0 heterocycles. The fourth-order valence-corrected chi connectivity index (χ4v) is 4.98. The minimum atomic E-state index is -1.19. The fraction of sp³-hybridized carbons (Fsp3) is 0.545. The zero-order valence-electron chi connectivity index (χ0n) is 25.7. The molecule has 2 aromatic rings. The predicted molar refractivity (Wildman–Crippen MR) is 165 cm³/mol. The lowest BCUT2D eigenvalue weighted by Gasteiger charge is -2.33. The molecular formula is C33H49N3O6. The zero-order chi connectivity index (χ0) is 31.1. The zero-order valence-corrected chi connectivity index (χ0v) is 25.7. The molecule has 0 spiro atoms. The van der Waals surface area contributed by atoms with Gasteiger partial charge in [0.1, 0.15) is 5.60 Å². The fourth-order valence-electron chi connectivity index (χ4n) is 4.98. The number of carbonyl (C=O) groups is 3.